The second-order valence-electron chi connectivity index (χ2n) is 3.72. The first-order chi connectivity index (χ1) is 7.50. The molecule has 2 rings (SSSR count). The van der Waals surface area contributed by atoms with Gasteiger partial charge in [-0.3, -0.25) is 9.69 Å². The van der Waals surface area contributed by atoms with Crippen LogP contribution in [0.1, 0.15) is 12.5 Å². The number of amides is 1. The Bertz CT molecular complexity index is 472. The summed E-state index contributed by atoms with van der Waals surface area (Å²) in [6, 6.07) is 3.05. The van der Waals surface area contributed by atoms with E-state index in [1.807, 2.05) is 0 Å². The van der Waals surface area contributed by atoms with Gasteiger partial charge in [0.25, 0.3) is 0 Å². The van der Waals surface area contributed by atoms with Gasteiger partial charge in [-0.25, -0.2) is 9.18 Å². The van der Waals surface area contributed by atoms with Crippen LogP contribution in [-0.4, -0.2) is 23.0 Å². The topological polar surface area (TPSA) is 57.6 Å². The number of halogens is 1. The van der Waals surface area contributed by atoms with Crippen LogP contribution in [0.5, 0.6) is 0 Å². The van der Waals surface area contributed by atoms with Crippen LogP contribution in [0.4, 0.5) is 10.1 Å². The summed E-state index contributed by atoms with van der Waals surface area (Å²) in [6.07, 6.45) is 0.227. The molecule has 5 heteroatoms. The number of fused-ring (bicyclic) bond motifs is 1. The fourth-order valence-electron chi connectivity index (χ4n) is 1.99. The number of rotatable bonds is 1. The molecule has 1 N–H and O–H groups in total. The average Bonchev–Trinajstić information content (AvgIpc) is 2.55. The molecule has 0 saturated carbocycles. The lowest BCUT2D eigenvalue weighted by Crippen LogP contribution is -2.41. The van der Waals surface area contributed by atoms with E-state index in [0.29, 0.717) is 11.3 Å². The largest absolute Gasteiger partial charge is 0.480 e. The van der Waals surface area contributed by atoms with E-state index in [1.54, 1.807) is 0 Å². The normalized spacial score (nSPS) is 18.4. The maximum absolute atomic E-state index is 13.0. The minimum Gasteiger partial charge on any atom is -0.480 e. The van der Waals surface area contributed by atoms with E-state index in [9.17, 15) is 14.0 Å². The van der Waals surface area contributed by atoms with Gasteiger partial charge >= 0.3 is 5.97 Å². The number of hydrogen-bond acceptors (Lipinski definition) is 2. The van der Waals surface area contributed by atoms with Crippen LogP contribution in [0.25, 0.3) is 0 Å². The van der Waals surface area contributed by atoms with E-state index in [-0.39, 0.29) is 6.42 Å². The second kappa shape index (κ2) is 3.59. The van der Waals surface area contributed by atoms with Crippen LogP contribution in [0.2, 0.25) is 0 Å². The zero-order valence-corrected chi connectivity index (χ0v) is 8.61. The SMILES string of the molecule is CC(=O)N1c2cc(F)ccc2CC1C(=O)O. The molecule has 1 unspecified atom stereocenters. The molecule has 0 spiro atoms. The van der Waals surface area contributed by atoms with Crippen molar-refractivity contribution < 1.29 is 19.1 Å². The number of anilines is 1. The molecule has 0 aromatic heterocycles. The van der Waals surface area contributed by atoms with E-state index in [1.165, 1.54) is 25.1 Å². The third-order valence-electron chi connectivity index (χ3n) is 2.66. The first-order valence-electron chi connectivity index (χ1n) is 4.81. The molecule has 1 amide bonds. The molecule has 0 bridgehead atoms. The number of carboxylic acids is 1. The summed E-state index contributed by atoms with van der Waals surface area (Å²) in [7, 11) is 0. The number of hydrogen-bond donors (Lipinski definition) is 1. The number of carboxylic acid groups (broad SMARTS) is 1. The summed E-state index contributed by atoms with van der Waals surface area (Å²) < 4.78 is 13.0. The molecule has 16 heavy (non-hydrogen) atoms. The van der Waals surface area contributed by atoms with Gasteiger partial charge < -0.3 is 5.11 Å². The van der Waals surface area contributed by atoms with Crippen LogP contribution in [0, 0.1) is 5.82 Å². The number of carbonyl (C=O) groups is 2. The number of benzene rings is 1. The highest BCUT2D eigenvalue weighted by atomic mass is 19.1. The number of aliphatic carboxylic acids is 1. The van der Waals surface area contributed by atoms with Gasteiger partial charge in [0.1, 0.15) is 11.9 Å². The van der Waals surface area contributed by atoms with Gasteiger partial charge in [-0.2, -0.15) is 0 Å². The van der Waals surface area contributed by atoms with Gasteiger partial charge in [0.15, 0.2) is 0 Å². The molecule has 4 nitrogen and oxygen atoms in total. The zero-order valence-electron chi connectivity index (χ0n) is 8.61. The minimum atomic E-state index is -1.08. The number of carbonyl (C=O) groups excluding carboxylic acids is 1. The highest BCUT2D eigenvalue weighted by molar-refractivity contribution is 6.00. The van der Waals surface area contributed by atoms with Crippen molar-refractivity contribution in [2.75, 3.05) is 4.90 Å². The van der Waals surface area contributed by atoms with Crippen LogP contribution >= 0.6 is 0 Å². The third kappa shape index (κ3) is 1.54. The molecule has 0 saturated heterocycles. The Balaban J connectivity index is 2.50. The van der Waals surface area contributed by atoms with Gasteiger partial charge in [0.2, 0.25) is 5.91 Å². The fourth-order valence-corrected chi connectivity index (χ4v) is 1.99. The van der Waals surface area contributed by atoms with Gasteiger partial charge in [0.05, 0.1) is 5.69 Å². The zero-order chi connectivity index (χ0) is 11.9. The molecular weight excluding hydrogens is 213 g/mol. The summed E-state index contributed by atoms with van der Waals surface area (Å²) in [6.45, 7) is 1.27. The van der Waals surface area contributed by atoms with Crippen LogP contribution in [0.3, 0.4) is 0 Å². The molecule has 1 aliphatic heterocycles. The maximum Gasteiger partial charge on any atom is 0.327 e. The van der Waals surface area contributed by atoms with Crippen molar-refractivity contribution in [2.24, 2.45) is 0 Å². The molecule has 0 aliphatic carbocycles. The average molecular weight is 223 g/mol. The van der Waals surface area contributed by atoms with Crippen molar-refractivity contribution in [1.82, 2.24) is 0 Å². The van der Waals surface area contributed by atoms with E-state index in [0.717, 1.165) is 4.90 Å². The van der Waals surface area contributed by atoms with Crippen molar-refractivity contribution in [3.05, 3.63) is 29.6 Å². The molecule has 0 radical (unpaired) electrons. The summed E-state index contributed by atoms with van der Waals surface area (Å²) in [5, 5.41) is 8.99. The Hall–Kier alpha value is -1.91. The van der Waals surface area contributed by atoms with E-state index >= 15 is 0 Å². The predicted octanol–water partition coefficient (Wildman–Crippen LogP) is 1.19. The minimum absolute atomic E-state index is 0.227. The molecule has 1 aromatic carbocycles. The monoisotopic (exact) mass is 223 g/mol. The molecule has 1 heterocycles. The van der Waals surface area contributed by atoms with Gasteiger partial charge in [-0.15, -0.1) is 0 Å². The highest BCUT2D eigenvalue weighted by Crippen LogP contribution is 2.32. The van der Waals surface area contributed by atoms with Crippen molar-refractivity contribution >= 4 is 17.6 Å². The number of nitrogens with zero attached hydrogens (tertiary/aromatic N) is 1. The van der Waals surface area contributed by atoms with Gasteiger partial charge in [-0.1, -0.05) is 6.07 Å². The lowest BCUT2D eigenvalue weighted by molar-refractivity contribution is -0.139. The standard InChI is InChI=1S/C11H10FNO3/c1-6(14)13-9-5-8(12)3-2-7(9)4-10(13)11(15)16/h2-3,5,10H,4H2,1H3,(H,15,16). The van der Waals surface area contributed by atoms with E-state index in [4.69, 9.17) is 5.11 Å². The highest BCUT2D eigenvalue weighted by Gasteiger charge is 2.36. The smallest absolute Gasteiger partial charge is 0.327 e. The van der Waals surface area contributed by atoms with Crippen LogP contribution < -0.4 is 4.90 Å². The quantitative estimate of drug-likeness (QED) is 0.777. The Morgan fingerprint density at radius 1 is 1.50 bits per heavy atom. The second-order valence-corrected chi connectivity index (χ2v) is 3.72. The molecule has 0 fully saturated rings. The summed E-state index contributed by atoms with van der Waals surface area (Å²) in [5.41, 5.74) is 1.05. The predicted molar refractivity (Wildman–Crippen MR) is 54.7 cm³/mol. The van der Waals surface area contributed by atoms with Crippen molar-refractivity contribution in [3.63, 3.8) is 0 Å². The lowest BCUT2D eigenvalue weighted by Gasteiger charge is -2.20. The Labute approximate surface area is 91.3 Å². The van der Waals surface area contributed by atoms with Gasteiger partial charge in [-0.05, 0) is 17.7 Å². The third-order valence-corrected chi connectivity index (χ3v) is 2.66. The first kappa shape index (κ1) is 10.6. The van der Waals surface area contributed by atoms with E-state index in [2.05, 4.69) is 0 Å². The Morgan fingerprint density at radius 3 is 2.75 bits per heavy atom. The summed E-state index contributed by atoms with van der Waals surface area (Å²) in [5.74, 6) is -1.94. The van der Waals surface area contributed by atoms with Crippen LogP contribution in [-0.2, 0) is 16.0 Å². The molecule has 84 valence electrons. The van der Waals surface area contributed by atoms with E-state index < -0.39 is 23.7 Å². The maximum atomic E-state index is 13.0. The molecule has 1 atom stereocenters. The fraction of sp³-hybridized carbons (Fsp3) is 0.273. The molecular formula is C11H10FNO3. The summed E-state index contributed by atoms with van der Waals surface area (Å²) >= 11 is 0. The lowest BCUT2D eigenvalue weighted by atomic mass is 10.1. The van der Waals surface area contributed by atoms with Gasteiger partial charge in [0, 0.05) is 13.3 Å². The summed E-state index contributed by atoms with van der Waals surface area (Å²) in [4.78, 5) is 23.5. The first-order valence-corrected chi connectivity index (χ1v) is 4.81. The van der Waals surface area contributed by atoms with Crippen molar-refractivity contribution in [1.29, 1.82) is 0 Å². The van der Waals surface area contributed by atoms with Crippen molar-refractivity contribution in [3.8, 4) is 0 Å². The van der Waals surface area contributed by atoms with Crippen LogP contribution in [0.15, 0.2) is 18.2 Å². The molecule has 1 aliphatic rings. The Morgan fingerprint density at radius 2 is 2.19 bits per heavy atom. The van der Waals surface area contributed by atoms with Crippen molar-refractivity contribution in [2.45, 2.75) is 19.4 Å². The molecule has 1 aromatic rings. The Kier molecular flexibility index (Phi) is 2.38.